The number of hydrogen-bond donors (Lipinski definition) is 1. The second-order valence-electron chi connectivity index (χ2n) is 4.38. The normalized spacial score (nSPS) is 12.2. The van der Waals surface area contributed by atoms with E-state index < -0.39 is 0 Å². The highest BCUT2D eigenvalue weighted by atomic mass is 16.5. The van der Waals surface area contributed by atoms with Crippen LogP contribution in [0.1, 0.15) is 24.4 Å². The van der Waals surface area contributed by atoms with Crippen LogP contribution >= 0.6 is 0 Å². The predicted octanol–water partition coefficient (Wildman–Crippen LogP) is 1.98. The largest absolute Gasteiger partial charge is 0.497 e. The minimum Gasteiger partial charge on any atom is -0.497 e. The number of nitrogens with one attached hydrogen (secondary N) is 1. The molecule has 0 radical (unpaired) electrons. The lowest BCUT2D eigenvalue weighted by atomic mass is 10.1. The fourth-order valence-electron chi connectivity index (χ4n) is 1.99. The van der Waals surface area contributed by atoms with E-state index in [1.165, 1.54) is 6.39 Å². The topological polar surface area (TPSA) is 69.4 Å². The van der Waals surface area contributed by atoms with E-state index in [9.17, 15) is 0 Å². The van der Waals surface area contributed by atoms with Crippen LogP contribution in [-0.2, 0) is 6.42 Å². The first-order valence-corrected chi connectivity index (χ1v) is 6.45. The van der Waals surface area contributed by atoms with Crippen molar-refractivity contribution in [3.05, 3.63) is 36.0 Å². The molecule has 1 aromatic heterocycles. The molecule has 6 nitrogen and oxygen atoms in total. The van der Waals surface area contributed by atoms with Crippen LogP contribution in [0.3, 0.4) is 0 Å². The van der Waals surface area contributed by atoms with E-state index in [-0.39, 0.29) is 6.04 Å². The maximum atomic E-state index is 5.38. The molecule has 0 saturated carbocycles. The highest BCUT2D eigenvalue weighted by molar-refractivity contribution is 5.42. The molecule has 0 saturated heterocycles. The molecule has 1 unspecified atom stereocenters. The monoisotopic (exact) mass is 277 g/mol. The van der Waals surface area contributed by atoms with Gasteiger partial charge in [-0.1, -0.05) is 5.16 Å². The Morgan fingerprint density at radius 3 is 2.80 bits per heavy atom. The van der Waals surface area contributed by atoms with Crippen molar-refractivity contribution >= 4 is 0 Å². The zero-order valence-corrected chi connectivity index (χ0v) is 11.9. The van der Waals surface area contributed by atoms with E-state index in [0.717, 1.165) is 23.6 Å². The average Bonchev–Trinajstić information content (AvgIpc) is 2.99. The molecular weight excluding hydrogens is 258 g/mol. The summed E-state index contributed by atoms with van der Waals surface area (Å²) in [4.78, 5) is 3.98. The molecule has 1 aromatic carbocycles. The van der Waals surface area contributed by atoms with E-state index >= 15 is 0 Å². The molecule has 6 heteroatoms. The second kappa shape index (κ2) is 6.91. The fraction of sp³-hybridized carbons (Fsp3) is 0.429. The predicted molar refractivity (Wildman–Crippen MR) is 74.0 cm³/mol. The molecule has 0 aliphatic carbocycles. The third kappa shape index (κ3) is 3.48. The summed E-state index contributed by atoms with van der Waals surface area (Å²) in [6, 6.07) is 5.90. The van der Waals surface area contributed by atoms with E-state index in [4.69, 9.17) is 14.0 Å². The van der Waals surface area contributed by atoms with Gasteiger partial charge in [0, 0.05) is 24.6 Å². The molecule has 0 fully saturated rings. The molecule has 0 aliphatic rings. The van der Waals surface area contributed by atoms with Gasteiger partial charge >= 0.3 is 0 Å². The second-order valence-corrected chi connectivity index (χ2v) is 4.38. The molecule has 2 rings (SSSR count). The Labute approximate surface area is 118 Å². The van der Waals surface area contributed by atoms with Gasteiger partial charge < -0.3 is 19.3 Å². The summed E-state index contributed by atoms with van der Waals surface area (Å²) < 4.78 is 15.3. The van der Waals surface area contributed by atoms with Crippen LogP contribution in [0, 0.1) is 0 Å². The Morgan fingerprint density at radius 1 is 1.30 bits per heavy atom. The summed E-state index contributed by atoms with van der Waals surface area (Å²) in [5.74, 6) is 2.35. The van der Waals surface area contributed by atoms with E-state index in [2.05, 4.69) is 22.4 Å². The molecule has 20 heavy (non-hydrogen) atoms. The van der Waals surface area contributed by atoms with Crippen LogP contribution in [0.25, 0.3) is 0 Å². The third-order valence-electron chi connectivity index (χ3n) is 3.11. The van der Waals surface area contributed by atoms with Crippen molar-refractivity contribution in [3.8, 4) is 11.5 Å². The number of ether oxygens (including phenoxy) is 2. The Kier molecular flexibility index (Phi) is 4.95. The molecule has 0 aliphatic heterocycles. The van der Waals surface area contributed by atoms with Crippen molar-refractivity contribution in [2.24, 2.45) is 0 Å². The van der Waals surface area contributed by atoms with Crippen LogP contribution in [-0.4, -0.2) is 30.9 Å². The Balaban J connectivity index is 1.98. The van der Waals surface area contributed by atoms with Crippen molar-refractivity contribution in [2.75, 3.05) is 20.8 Å². The molecule has 108 valence electrons. The minimum absolute atomic E-state index is 0.131. The molecule has 0 spiro atoms. The number of hydrogen-bond acceptors (Lipinski definition) is 6. The van der Waals surface area contributed by atoms with Crippen LogP contribution in [0.2, 0.25) is 0 Å². The van der Waals surface area contributed by atoms with Gasteiger partial charge in [0.25, 0.3) is 0 Å². The van der Waals surface area contributed by atoms with Gasteiger partial charge in [0.2, 0.25) is 6.39 Å². The zero-order chi connectivity index (χ0) is 14.4. The Hall–Kier alpha value is -2.08. The highest BCUT2D eigenvalue weighted by Gasteiger charge is 2.12. The van der Waals surface area contributed by atoms with Gasteiger partial charge in [-0.15, -0.1) is 0 Å². The Bertz CT molecular complexity index is 528. The third-order valence-corrected chi connectivity index (χ3v) is 3.11. The number of nitrogens with zero attached hydrogens (tertiary/aromatic N) is 2. The maximum absolute atomic E-state index is 5.38. The van der Waals surface area contributed by atoms with E-state index in [0.29, 0.717) is 12.2 Å². The molecule has 1 heterocycles. The van der Waals surface area contributed by atoms with Crippen LogP contribution in [0.5, 0.6) is 11.5 Å². The van der Waals surface area contributed by atoms with Crippen LogP contribution < -0.4 is 14.8 Å². The molecule has 0 amide bonds. The number of benzene rings is 1. The highest BCUT2D eigenvalue weighted by Crippen LogP contribution is 2.29. The zero-order valence-electron chi connectivity index (χ0n) is 11.9. The van der Waals surface area contributed by atoms with Crippen LogP contribution in [0.4, 0.5) is 0 Å². The lowest BCUT2D eigenvalue weighted by Gasteiger charge is -2.17. The molecule has 2 aromatic rings. The van der Waals surface area contributed by atoms with Gasteiger partial charge in [-0.2, -0.15) is 4.98 Å². The number of methoxy groups -OCH3 is 2. The molecule has 0 bridgehead atoms. The summed E-state index contributed by atoms with van der Waals surface area (Å²) in [5.41, 5.74) is 1.06. The lowest BCUT2D eigenvalue weighted by molar-refractivity contribution is 0.391. The smallest absolute Gasteiger partial charge is 0.213 e. The summed E-state index contributed by atoms with van der Waals surface area (Å²) >= 11 is 0. The summed E-state index contributed by atoms with van der Waals surface area (Å²) in [7, 11) is 3.32. The quantitative estimate of drug-likeness (QED) is 0.834. The number of rotatable bonds is 7. The van der Waals surface area contributed by atoms with Gasteiger partial charge in [0.1, 0.15) is 11.5 Å². The van der Waals surface area contributed by atoms with Crippen molar-refractivity contribution < 1.29 is 14.0 Å². The van der Waals surface area contributed by atoms with Gasteiger partial charge in [0.15, 0.2) is 5.82 Å². The molecule has 1 N–H and O–H groups in total. The van der Waals surface area contributed by atoms with E-state index in [1.54, 1.807) is 14.2 Å². The first-order valence-electron chi connectivity index (χ1n) is 6.45. The van der Waals surface area contributed by atoms with Gasteiger partial charge in [-0.25, -0.2) is 0 Å². The summed E-state index contributed by atoms with van der Waals surface area (Å²) in [5, 5.41) is 7.18. The standard InChI is InChI=1S/C14H19N3O3/c1-10(15-7-6-14-16-9-20-17-14)12-8-11(18-2)4-5-13(12)19-3/h4-5,8-10,15H,6-7H2,1-3H3. The van der Waals surface area contributed by atoms with Crippen molar-refractivity contribution in [2.45, 2.75) is 19.4 Å². The first kappa shape index (κ1) is 14.3. The van der Waals surface area contributed by atoms with Crippen molar-refractivity contribution in [3.63, 3.8) is 0 Å². The van der Waals surface area contributed by atoms with Crippen molar-refractivity contribution in [1.82, 2.24) is 15.5 Å². The van der Waals surface area contributed by atoms with Crippen molar-refractivity contribution in [1.29, 1.82) is 0 Å². The Morgan fingerprint density at radius 2 is 2.15 bits per heavy atom. The summed E-state index contributed by atoms with van der Waals surface area (Å²) in [6.45, 7) is 2.83. The number of aromatic nitrogens is 2. The van der Waals surface area contributed by atoms with Gasteiger partial charge in [-0.3, -0.25) is 0 Å². The van der Waals surface area contributed by atoms with Gasteiger partial charge in [0.05, 0.1) is 14.2 Å². The molecular formula is C14H19N3O3. The SMILES string of the molecule is COc1ccc(OC)c(C(C)NCCc2ncon2)c1. The van der Waals surface area contributed by atoms with Crippen LogP contribution in [0.15, 0.2) is 29.1 Å². The first-order chi connectivity index (χ1) is 9.74. The summed E-state index contributed by atoms with van der Waals surface area (Å²) in [6.07, 6.45) is 2.05. The van der Waals surface area contributed by atoms with Gasteiger partial charge in [-0.05, 0) is 25.1 Å². The lowest BCUT2D eigenvalue weighted by Crippen LogP contribution is -2.22. The van der Waals surface area contributed by atoms with E-state index in [1.807, 2.05) is 18.2 Å². The molecule has 1 atom stereocenters. The minimum atomic E-state index is 0.131. The average molecular weight is 277 g/mol. The fourth-order valence-corrected chi connectivity index (χ4v) is 1.99. The maximum Gasteiger partial charge on any atom is 0.213 e.